The minimum atomic E-state index is -0.108. The van der Waals surface area contributed by atoms with Crippen molar-refractivity contribution in [3.8, 4) is 6.07 Å². The molecule has 0 aromatic heterocycles. The smallest absolute Gasteiger partial charge is 0.228 e. The highest BCUT2D eigenvalue weighted by atomic mass is 16.2. The molecule has 100 valence electrons. The Labute approximate surface area is 110 Å². The van der Waals surface area contributed by atoms with E-state index in [2.05, 4.69) is 17.9 Å². The van der Waals surface area contributed by atoms with E-state index < -0.39 is 0 Å². The predicted octanol–water partition coefficient (Wildman–Crippen LogP) is 1.62. The van der Waals surface area contributed by atoms with Gasteiger partial charge in [0.2, 0.25) is 5.91 Å². The van der Waals surface area contributed by atoms with Gasteiger partial charge in [0.25, 0.3) is 0 Å². The summed E-state index contributed by atoms with van der Waals surface area (Å²) in [6, 6.07) is 2.23. The van der Waals surface area contributed by atoms with Crippen molar-refractivity contribution in [1.82, 2.24) is 9.80 Å². The number of amides is 1. The summed E-state index contributed by atoms with van der Waals surface area (Å²) in [4.78, 5) is 16.7. The van der Waals surface area contributed by atoms with Crippen molar-refractivity contribution in [2.75, 3.05) is 26.2 Å². The molecule has 1 unspecified atom stereocenters. The summed E-state index contributed by atoms with van der Waals surface area (Å²) in [5, 5.41) is 8.90. The van der Waals surface area contributed by atoms with Gasteiger partial charge in [0.15, 0.2) is 0 Å². The van der Waals surface area contributed by atoms with Crippen LogP contribution in [0.25, 0.3) is 0 Å². The first-order valence-corrected chi connectivity index (χ1v) is 7.00. The van der Waals surface area contributed by atoms with Crippen molar-refractivity contribution in [3.05, 3.63) is 0 Å². The zero-order valence-electron chi connectivity index (χ0n) is 11.5. The third-order valence-electron chi connectivity index (χ3n) is 4.56. The first kappa shape index (κ1) is 13.4. The highest BCUT2D eigenvalue weighted by molar-refractivity contribution is 5.82. The largest absolute Gasteiger partial charge is 0.340 e. The molecule has 1 heterocycles. The molecule has 2 aliphatic rings. The van der Waals surface area contributed by atoms with Crippen LogP contribution in [0.4, 0.5) is 0 Å². The monoisotopic (exact) mass is 249 g/mol. The SMILES string of the molecule is CC(C#N)N1CCN(C(=O)C2(C)CCCC2)CC1. The first-order chi connectivity index (χ1) is 8.57. The second-order valence-corrected chi connectivity index (χ2v) is 5.90. The summed E-state index contributed by atoms with van der Waals surface area (Å²) in [5.74, 6) is 0.337. The molecule has 2 rings (SSSR count). The van der Waals surface area contributed by atoms with E-state index in [0.717, 1.165) is 39.0 Å². The summed E-state index contributed by atoms with van der Waals surface area (Å²) >= 11 is 0. The van der Waals surface area contributed by atoms with Gasteiger partial charge in [-0.1, -0.05) is 19.8 Å². The quantitative estimate of drug-likeness (QED) is 0.747. The summed E-state index contributed by atoms with van der Waals surface area (Å²) in [6.45, 7) is 7.26. The lowest BCUT2D eigenvalue weighted by Gasteiger charge is -2.39. The fraction of sp³-hybridized carbons (Fsp3) is 0.857. The summed E-state index contributed by atoms with van der Waals surface area (Å²) in [6.07, 6.45) is 4.46. The molecule has 0 spiro atoms. The van der Waals surface area contributed by atoms with Gasteiger partial charge >= 0.3 is 0 Å². The molecule has 4 heteroatoms. The lowest BCUT2D eigenvalue weighted by Crippen LogP contribution is -2.53. The third-order valence-corrected chi connectivity index (χ3v) is 4.56. The maximum atomic E-state index is 12.5. The van der Waals surface area contributed by atoms with Crippen molar-refractivity contribution in [3.63, 3.8) is 0 Å². The maximum absolute atomic E-state index is 12.5. The van der Waals surface area contributed by atoms with Crippen molar-refractivity contribution in [2.45, 2.75) is 45.6 Å². The zero-order valence-corrected chi connectivity index (χ0v) is 11.5. The molecule has 4 nitrogen and oxygen atoms in total. The van der Waals surface area contributed by atoms with Crippen LogP contribution in [0.2, 0.25) is 0 Å². The number of hydrogen-bond acceptors (Lipinski definition) is 3. The third kappa shape index (κ3) is 2.51. The molecule has 0 N–H and O–H groups in total. The zero-order chi connectivity index (χ0) is 13.2. The Morgan fingerprint density at radius 2 is 1.78 bits per heavy atom. The van der Waals surface area contributed by atoms with Gasteiger partial charge in [-0.3, -0.25) is 9.69 Å². The minimum Gasteiger partial charge on any atom is -0.340 e. The van der Waals surface area contributed by atoms with E-state index in [0.29, 0.717) is 5.91 Å². The van der Waals surface area contributed by atoms with Crippen molar-refractivity contribution in [2.24, 2.45) is 5.41 Å². The van der Waals surface area contributed by atoms with Crippen LogP contribution in [0.1, 0.15) is 39.5 Å². The Balaban J connectivity index is 1.90. The molecule has 1 saturated heterocycles. The van der Waals surface area contributed by atoms with Gasteiger partial charge in [0.05, 0.1) is 12.1 Å². The highest BCUT2D eigenvalue weighted by Gasteiger charge is 2.39. The fourth-order valence-electron chi connectivity index (χ4n) is 3.14. The average Bonchev–Trinajstić information content (AvgIpc) is 2.85. The summed E-state index contributed by atoms with van der Waals surface area (Å²) in [5.41, 5.74) is -0.108. The lowest BCUT2D eigenvalue weighted by atomic mass is 9.87. The fourth-order valence-corrected chi connectivity index (χ4v) is 3.14. The van der Waals surface area contributed by atoms with Crippen LogP contribution < -0.4 is 0 Å². The molecular formula is C14H23N3O. The molecule has 1 saturated carbocycles. The number of carbonyl (C=O) groups excluding carboxylic acids is 1. The Morgan fingerprint density at radius 1 is 1.22 bits per heavy atom. The molecule has 2 fully saturated rings. The van der Waals surface area contributed by atoms with Crippen LogP contribution in [-0.4, -0.2) is 47.9 Å². The molecule has 0 radical (unpaired) electrons. The maximum Gasteiger partial charge on any atom is 0.228 e. The van der Waals surface area contributed by atoms with Crippen molar-refractivity contribution >= 4 is 5.91 Å². The Kier molecular flexibility index (Phi) is 3.91. The van der Waals surface area contributed by atoms with Gasteiger partial charge in [0.1, 0.15) is 0 Å². The van der Waals surface area contributed by atoms with E-state index in [-0.39, 0.29) is 11.5 Å². The van der Waals surface area contributed by atoms with Crippen LogP contribution in [0.15, 0.2) is 0 Å². The van der Waals surface area contributed by atoms with Crippen LogP contribution in [0.3, 0.4) is 0 Å². The lowest BCUT2D eigenvalue weighted by molar-refractivity contribution is -0.142. The van der Waals surface area contributed by atoms with Gasteiger partial charge in [-0.25, -0.2) is 0 Å². The molecule has 0 bridgehead atoms. The number of nitriles is 1. The Hall–Kier alpha value is -1.08. The second kappa shape index (κ2) is 5.27. The van der Waals surface area contributed by atoms with Gasteiger partial charge in [0, 0.05) is 31.6 Å². The molecule has 1 atom stereocenters. The topological polar surface area (TPSA) is 47.3 Å². The molecule has 1 aliphatic carbocycles. The molecule has 0 aromatic rings. The van der Waals surface area contributed by atoms with Crippen molar-refractivity contribution < 1.29 is 4.79 Å². The number of nitrogens with zero attached hydrogens (tertiary/aromatic N) is 3. The van der Waals surface area contributed by atoms with E-state index in [1.165, 1.54) is 12.8 Å². The van der Waals surface area contributed by atoms with E-state index in [4.69, 9.17) is 5.26 Å². The van der Waals surface area contributed by atoms with E-state index in [9.17, 15) is 4.79 Å². The molecule has 0 aromatic carbocycles. The van der Waals surface area contributed by atoms with Crippen LogP contribution in [0, 0.1) is 16.7 Å². The summed E-state index contributed by atoms with van der Waals surface area (Å²) < 4.78 is 0. The summed E-state index contributed by atoms with van der Waals surface area (Å²) in [7, 11) is 0. The minimum absolute atomic E-state index is 0.0377. The van der Waals surface area contributed by atoms with Gasteiger partial charge in [-0.15, -0.1) is 0 Å². The van der Waals surface area contributed by atoms with Crippen LogP contribution in [-0.2, 0) is 4.79 Å². The van der Waals surface area contributed by atoms with Crippen molar-refractivity contribution in [1.29, 1.82) is 5.26 Å². The van der Waals surface area contributed by atoms with E-state index >= 15 is 0 Å². The second-order valence-electron chi connectivity index (χ2n) is 5.90. The number of rotatable bonds is 2. The standard InChI is InChI=1S/C14H23N3O/c1-12(11-15)16-7-9-17(10-8-16)13(18)14(2)5-3-4-6-14/h12H,3-10H2,1-2H3. The van der Waals surface area contributed by atoms with Gasteiger partial charge in [-0.05, 0) is 19.8 Å². The molecule has 1 aliphatic heterocycles. The van der Waals surface area contributed by atoms with Gasteiger partial charge in [-0.2, -0.15) is 5.26 Å². The average molecular weight is 249 g/mol. The predicted molar refractivity (Wildman–Crippen MR) is 69.8 cm³/mol. The van der Waals surface area contributed by atoms with Gasteiger partial charge < -0.3 is 4.90 Å². The van der Waals surface area contributed by atoms with Crippen LogP contribution in [0.5, 0.6) is 0 Å². The van der Waals surface area contributed by atoms with E-state index in [1.807, 2.05) is 11.8 Å². The number of carbonyl (C=O) groups is 1. The van der Waals surface area contributed by atoms with Crippen LogP contribution >= 0.6 is 0 Å². The number of hydrogen-bond donors (Lipinski definition) is 0. The first-order valence-electron chi connectivity index (χ1n) is 7.00. The molecular weight excluding hydrogens is 226 g/mol. The highest BCUT2D eigenvalue weighted by Crippen LogP contribution is 2.39. The molecule has 18 heavy (non-hydrogen) atoms. The number of piperazine rings is 1. The molecule has 1 amide bonds. The Bertz CT molecular complexity index is 347. The Morgan fingerprint density at radius 3 is 2.28 bits per heavy atom. The normalized spacial score (nSPS) is 25.7. The van der Waals surface area contributed by atoms with E-state index in [1.54, 1.807) is 0 Å².